The molecule has 1 unspecified atom stereocenters. The summed E-state index contributed by atoms with van der Waals surface area (Å²) < 4.78 is 5.03. The number of nitrogens with zero attached hydrogens (tertiary/aromatic N) is 1. The van der Waals surface area contributed by atoms with Crippen molar-refractivity contribution in [1.82, 2.24) is 4.98 Å². The Morgan fingerprint density at radius 2 is 2.22 bits per heavy atom. The van der Waals surface area contributed by atoms with Crippen LogP contribution in [0.4, 0.5) is 5.69 Å². The number of ether oxygens (including phenoxy) is 1. The highest BCUT2D eigenvalue weighted by Gasteiger charge is 2.27. The molecule has 0 fully saturated rings. The summed E-state index contributed by atoms with van der Waals surface area (Å²) in [6.45, 7) is 2.06. The molecule has 0 bridgehead atoms. The highest BCUT2D eigenvalue weighted by atomic mass is 32.1. The van der Waals surface area contributed by atoms with Gasteiger partial charge in [-0.2, -0.15) is 0 Å². The Kier molecular flexibility index (Phi) is 4.71. The number of aromatic nitrogens is 1. The van der Waals surface area contributed by atoms with Crippen LogP contribution in [0.15, 0.2) is 29.8 Å². The van der Waals surface area contributed by atoms with Crippen LogP contribution in [0.5, 0.6) is 0 Å². The Bertz CT molecular complexity index is 726. The molecule has 1 aliphatic rings. The fourth-order valence-corrected chi connectivity index (χ4v) is 3.63. The van der Waals surface area contributed by atoms with Crippen LogP contribution >= 0.6 is 11.3 Å². The van der Waals surface area contributed by atoms with Crippen LogP contribution in [0.1, 0.15) is 34.3 Å². The summed E-state index contributed by atoms with van der Waals surface area (Å²) >= 11 is 1.60. The second kappa shape index (κ2) is 6.91. The zero-order valence-electron chi connectivity index (χ0n) is 12.9. The first-order valence-electron chi connectivity index (χ1n) is 7.67. The third kappa shape index (κ3) is 3.42. The Hall–Kier alpha value is -2.21. The highest BCUT2D eigenvalue weighted by molar-refractivity contribution is 7.09. The summed E-state index contributed by atoms with van der Waals surface area (Å²) in [6.07, 6.45) is 2.33. The van der Waals surface area contributed by atoms with Gasteiger partial charge in [0, 0.05) is 10.8 Å². The summed E-state index contributed by atoms with van der Waals surface area (Å²) in [5.74, 6) is -0.559. The maximum absolute atomic E-state index is 12.6. The number of esters is 1. The number of hydrogen-bond acceptors (Lipinski definition) is 5. The minimum absolute atomic E-state index is 0.0548. The fraction of sp³-hybridized carbons (Fsp3) is 0.353. The Labute approximate surface area is 138 Å². The molecule has 0 spiro atoms. The van der Waals surface area contributed by atoms with Gasteiger partial charge in [-0.05, 0) is 38.3 Å². The van der Waals surface area contributed by atoms with Crippen molar-refractivity contribution in [3.8, 4) is 0 Å². The molecule has 1 atom stereocenters. The first-order valence-corrected chi connectivity index (χ1v) is 8.55. The molecule has 5 nitrogen and oxygen atoms in total. The van der Waals surface area contributed by atoms with Gasteiger partial charge in [-0.1, -0.05) is 12.1 Å². The standard InChI is InChI=1S/C17H18N2O3S/c1-2-22-17(21)12-5-3-4-6-13(12)19-16(20)11-7-8-14-15(9-11)23-10-18-14/h3-6,10-11H,2,7-9H2,1H3,(H,19,20). The lowest BCUT2D eigenvalue weighted by Crippen LogP contribution is -2.28. The van der Waals surface area contributed by atoms with Gasteiger partial charge in [-0.3, -0.25) is 4.79 Å². The van der Waals surface area contributed by atoms with Crippen LogP contribution in [-0.4, -0.2) is 23.5 Å². The molecule has 120 valence electrons. The summed E-state index contributed by atoms with van der Waals surface area (Å²) in [5.41, 5.74) is 3.84. The molecule has 1 heterocycles. The lowest BCUT2D eigenvalue weighted by atomic mass is 9.90. The predicted molar refractivity (Wildman–Crippen MR) is 88.7 cm³/mol. The summed E-state index contributed by atoms with van der Waals surface area (Å²) in [4.78, 5) is 30.0. The van der Waals surface area contributed by atoms with E-state index in [2.05, 4.69) is 10.3 Å². The van der Waals surface area contributed by atoms with E-state index in [9.17, 15) is 9.59 Å². The van der Waals surface area contributed by atoms with Gasteiger partial charge in [-0.15, -0.1) is 11.3 Å². The van der Waals surface area contributed by atoms with Crippen molar-refractivity contribution in [2.45, 2.75) is 26.2 Å². The number of fused-ring (bicyclic) bond motifs is 1. The van der Waals surface area contributed by atoms with E-state index in [1.165, 1.54) is 4.88 Å². The van der Waals surface area contributed by atoms with Crippen LogP contribution in [0, 0.1) is 5.92 Å². The quantitative estimate of drug-likeness (QED) is 0.875. The lowest BCUT2D eigenvalue weighted by Gasteiger charge is -2.21. The Balaban J connectivity index is 1.73. The van der Waals surface area contributed by atoms with Crippen molar-refractivity contribution >= 4 is 28.9 Å². The van der Waals surface area contributed by atoms with Gasteiger partial charge in [0.25, 0.3) is 0 Å². The largest absolute Gasteiger partial charge is 0.462 e. The molecule has 3 rings (SSSR count). The maximum atomic E-state index is 12.6. The Morgan fingerprint density at radius 3 is 3.04 bits per heavy atom. The van der Waals surface area contributed by atoms with Crippen LogP contribution in [0.3, 0.4) is 0 Å². The second-order valence-electron chi connectivity index (χ2n) is 5.42. The monoisotopic (exact) mass is 330 g/mol. The molecule has 2 aromatic rings. The highest BCUT2D eigenvalue weighted by Crippen LogP contribution is 2.29. The van der Waals surface area contributed by atoms with E-state index in [1.54, 1.807) is 42.5 Å². The number of rotatable bonds is 4. The molecule has 6 heteroatoms. The number of amides is 1. The van der Waals surface area contributed by atoms with Crippen molar-refractivity contribution in [3.05, 3.63) is 45.9 Å². The van der Waals surface area contributed by atoms with E-state index in [4.69, 9.17) is 4.74 Å². The first kappa shape index (κ1) is 15.7. The van der Waals surface area contributed by atoms with Gasteiger partial charge in [-0.25, -0.2) is 9.78 Å². The second-order valence-corrected chi connectivity index (χ2v) is 6.36. The summed E-state index contributed by atoms with van der Waals surface area (Å²) in [7, 11) is 0. The number of para-hydroxylation sites is 1. The number of thiazole rings is 1. The van der Waals surface area contributed by atoms with Crippen molar-refractivity contribution in [3.63, 3.8) is 0 Å². The molecule has 0 aliphatic heterocycles. The van der Waals surface area contributed by atoms with Crippen molar-refractivity contribution < 1.29 is 14.3 Å². The van der Waals surface area contributed by atoms with E-state index in [1.807, 2.05) is 5.51 Å². The molecular formula is C17H18N2O3S. The molecule has 1 aromatic heterocycles. The van der Waals surface area contributed by atoms with Gasteiger partial charge < -0.3 is 10.1 Å². The van der Waals surface area contributed by atoms with E-state index in [0.29, 0.717) is 24.3 Å². The van der Waals surface area contributed by atoms with E-state index < -0.39 is 5.97 Å². The minimum Gasteiger partial charge on any atom is -0.462 e. The number of benzene rings is 1. The molecule has 0 radical (unpaired) electrons. The van der Waals surface area contributed by atoms with E-state index in [0.717, 1.165) is 18.5 Å². The SMILES string of the molecule is CCOC(=O)c1ccccc1NC(=O)C1CCc2ncsc2C1. The number of carbonyl (C=O) groups is 2. The van der Waals surface area contributed by atoms with Crippen molar-refractivity contribution in [2.24, 2.45) is 5.92 Å². The van der Waals surface area contributed by atoms with Gasteiger partial charge in [0.15, 0.2) is 0 Å². The number of nitrogens with one attached hydrogen (secondary N) is 1. The average Bonchev–Trinajstić information content (AvgIpc) is 3.03. The molecule has 1 amide bonds. The minimum atomic E-state index is -0.420. The molecular weight excluding hydrogens is 312 g/mol. The maximum Gasteiger partial charge on any atom is 0.340 e. The molecule has 1 aliphatic carbocycles. The number of hydrogen-bond donors (Lipinski definition) is 1. The van der Waals surface area contributed by atoms with E-state index in [-0.39, 0.29) is 11.8 Å². The molecule has 0 saturated heterocycles. The van der Waals surface area contributed by atoms with Crippen LogP contribution in [-0.2, 0) is 22.4 Å². The van der Waals surface area contributed by atoms with Crippen molar-refractivity contribution in [1.29, 1.82) is 0 Å². The fourth-order valence-electron chi connectivity index (χ4n) is 2.74. The van der Waals surface area contributed by atoms with Crippen LogP contribution in [0.25, 0.3) is 0 Å². The number of anilines is 1. The molecule has 23 heavy (non-hydrogen) atoms. The zero-order valence-corrected chi connectivity index (χ0v) is 13.7. The van der Waals surface area contributed by atoms with Gasteiger partial charge in [0.2, 0.25) is 5.91 Å². The smallest absolute Gasteiger partial charge is 0.340 e. The van der Waals surface area contributed by atoms with Gasteiger partial charge >= 0.3 is 5.97 Å². The Morgan fingerprint density at radius 1 is 1.39 bits per heavy atom. The number of aryl methyl sites for hydroxylation is 1. The van der Waals surface area contributed by atoms with E-state index >= 15 is 0 Å². The summed E-state index contributed by atoms with van der Waals surface area (Å²) in [5, 5.41) is 2.89. The average molecular weight is 330 g/mol. The third-order valence-electron chi connectivity index (χ3n) is 3.94. The molecule has 1 aromatic carbocycles. The molecule has 1 N–H and O–H groups in total. The van der Waals surface area contributed by atoms with Crippen molar-refractivity contribution in [2.75, 3.05) is 11.9 Å². The number of carbonyl (C=O) groups excluding carboxylic acids is 2. The third-order valence-corrected chi connectivity index (χ3v) is 4.84. The lowest BCUT2D eigenvalue weighted by molar-refractivity contribution is -0.120. The normalized spacial score (nSPS) is 16.5. The van der Waals surface area contributed by atoms with Gasteiger partial charge in [0.1, 0.15) is 0 Å². The van der Waals surface area contributed by atoms with Crippen LogP contribution in [0.2, 0.25) is 0 Å². The van der Waals surface area contributed by atoms with Gasteiger partial charge in [0.05, 0.1) is 29.1 Å². The topological polar surface area (TPSA) is 68.3 Å². The molecule has 0 saturated carbocycles. The zero-order chi connectivity index (χ0) is 16.2. The summed E-state index contributed by atoms with van der Waals surface area (Å²) in [6, 6.07) is 6.94. The van der Waals surface area contributed by atoms with Crippen LogP contribution < -0.4 is 5.32 Å². The predicted octanol–water partition coefficient (Wildman–Crippen LogP) is 3.06. The first-order chi connectivity index (χ1) is 11.2.